The van der Waals surface area contributed by atoms with Gasteiger partial charge >= 0.3 is 11.9 Å². The van der Waals surface area contributed by atoms with E-state index in [9.17, 15) is 9.59 Å². The second-order valence-electron chi connectivity index (χ2n) is 5.60. The normalized spacial score (nSPS) is 34.5. The van der Waals surface area contributed by atoms with E-state index in [-0.39, 0.29) is 6.61 Å². The van der Waals surface area contributed by atoms with Gasteiger partial charge in [-0.25, -0.2) is 14.9 Å². The van der Waals surface area contributed by atoms with E-state index in [1.54, 1.807) is 20.8 Å². The van der Waals surface area contributed by atoms with Crippen LogP contribution in [0.1, 0.15) is 27.7 Å². The second kappa shape index (κ2) is 8.72. The molecule has 0 saturated carbocycles. The largest absolute Gasteiger partial charge is 0.465 e. The van der Waals surface area contributed by atoms with Gasteiger partial charge in [-0.15, -0.1) is 0 Å². The van der Waals surface area contributed by atoms with Crippen LogP contribution in [0.3, 0.4) is 0 Å². The van der Waals surface area contributed by atoms with Crippen molar-refractivity contribution >= 4 is 11.9 Å². The minimum Gasteiger partial charge on any atom is -0.465 e. The van der Waals surface area contributed by atoms with Crippen LogP contribution in [0.5, 0.6) is 0 Å². The molecule has 9 nitrogen and oxygen atoms in total. The third kappa shape index (κ3) is 3.86. The lowest BCUT2D eigenvalue weighted by molar-refractivity contribution is -0.409. The van der Waals surface area contributed by atoms with Crippen LogP contribution in [0, 0.1) is 11.8 Å². The Labute approximate surface area is 141 Å². The van der Waals surface area contributed by atoms with Gasteiger partial charge in [0.2, 0.25) is 6.29 Å². The molecule has 0 spiro atoms. The monoisotopic (exact) mass is 350 g/mol. The number of hydrogen-bond donors (Lipinski definition) is 1. The Morgan fingerprint density at radius 1 is 1.29 bits per heavy atom. The van der Waals surface area contributed by atoms with Crippen LogP contribution in [0.2, 0.25) is 0 Å². The minimum atomic E-state index is -1.83. The number of esters is 2. The summed E-state index contributed by atoms with van der Waals surface area (Å²) in [5.41, 5.74) is 0. The molecule has 0 aliphatic carbocycles. The maximum atomic E-state index is 12.3. The van der Waals surface area contributed by atoms with Crippen LogP contribution in [0.25, 0.3) is 0 Å². The van der Waals surface area contributed by atoms with E-state index >= 15 is 0 Å². The SMILES string of the molecule is CCO[C@H](OO)[C@@H]1O[C@](OC)(C(=O)OC)[C@H](C)[C@H](OC(C)=O)[C@@H]1C. The molecular weight excluding hydrogens is 324 g/mol. The predicted molar refractivity (Wildman–Crippen MR) is 79.6 cm³/mol. The van der Waals surface area contributed by atoms with Crippen LogP contribution < -0.4 is 0 Å². The Morgan fingerprint density at radius 3 is 2.33 bits per heavy atom. The molecule has 0 aromatic rings. The van der Waals surface area contributed by atoms with Crippen molar-refractivity contribution in [3.8, 4) is 0 Å². The molecular formula is C15H26O9. The minimum absolute atomic E-state index is 0.226. The van der Waals surface area contributed by atoms with Crippen LogP contribution >= 0.6 is 0 Å². The molecule has 1 rings (SSSR count). The number of rotatable bonds is 7. The zero-order valence-electron chi connectivity index (χ0n) is 14.8. The van der Waals surface area contributed by atoms with Crippen LogP contribution in [0.15, 0.2) is 0 Å². The fourth-order valence-electron chi connectivity index (χ4n) is 3.02. The van der Waals surface area contributed by atoms with E-state index in [0.29, 0.717) is 0 Å². The average molecular weight is 350 g/mol. The lowest BCUT2D eigenvalue weighted by Gasteiger charge is -2.49. The molecule has 1 saturated heterocycles. The highest BCUT2D eigenvalue weighted by Crippen LogP contribution is 2.42. The first kappa shape index (κ1) is 20.8. The highest BCUT2D eigenvalue weighted by molar-refractivity contribution is 5.78. The van der Waals surface area contributed by atoms with E-state index in [0.717, 1.165) is 0 Å². The number of carbonyl (C=O) groups is 2. The molecule has 0 aromatic carbocycles. The summed E-state index contributed by atoms with van der Waals surface area (Å²) in [6, 6.07) is 0. The van der Waals surface area contributed by atoms with E-state index in [1.165, 1.54) is 21.1 Å². The number of carbonyl (C=O) groups excluding carboxylic acids is 2. The van der Waals surface area contributed by atoms with Crippen molar-refractivity contribution in [2.75, 3.05) is 20.8 Å². The van der Waals surface area contributed by atoms with Crippen LogP contribution in [0.4, 0.5) is 0 Å². The Hall–Kier alpha value is -1.26. The molecule has 140 valence electrons. The highest BCUT2D eigenvalue weighted by atomic mass is 17.1. The van der Waals surface area contributed by atoms with Crippen LogP contribution in [-0.2, 0) is 38.2 Å². The van der Waals surface area contributed by atoms with Crippen molar-refractivity contribution < 1.29 is 43.4 Å². The van der Waals surface area contributed by atoms with Gasteiger partial charge in [0.15, 0.2) is 0 Å². The smallest absolute Gasteiger partial charge is 0.367 e. The molecule has 1 aliphatic rings. The molecule has 1 aliphatic heterocycles. The van der Waals surface area contributed by atoms with Gasteiger partial charge in [-0.3, -0.25) is 4.79 Å². The second-order valence-corrected chi connectivity index (χ2v) is 5.60. The Balaban J connectivity index is 3.31. The first-order chi connectivity index (χ1) is 11.3. The quantitative estimate of drug-likeness (QED) is 0.310. The lowest BCUT2D eigenvalue weighted by atomic mass is 9.80. The van der Waals surface area contributed by atoms with E-state index < -0.39 is 48.1 Å². The van der Waals surface area contributed by atoms with E-state index in [2.05, 4.69) is 4.89 Å². The van der Waals surface area contributed by atoms with Gasteiger partial charge in [0, 0.05) is 26.6 Å². The van der Waals surface area contributed by atoms with Crippen molar-refractivity contribution in [2.45, 2.75) is 52.0 Å². The molecule has 9 heteroatoms. The van der Waals surface area contributed by atoms with Gasteiger partial charge in [-0.2, -0.15) is 0 Å². The molecule has 0 amide bonds. The Kier molecular flexibility index (Phi) is 7.56. The lowest BCUT2D eigenvalue weighted by Crippen LogP contribution is -2.65. The summed E-state index contributed by atoms with van der Waals surface area (Å²) in [6.45, 7) is 6.57. The summed E-state index contributed by atoms with van der Waals surface area (Å²) < 4.78 is 26.6. The molecule has 1 heterocycles. The topological polar surface area (TPSA) is 110 Å². The van der Waals surface area contributed by atoms with E-state index in [1.807, 2.05) is 0 Å². The van der Waals surface area contributed by atoms with Gasteiger partial charge in [0.25, 0.3) is 5.79 Å². The molecule has 0 bridgehead atoms. The predicted octanol–water partition coefficient (Wildman–Crippen LogP) is 0.957. The summed E-state index contributed by atoms with van der Waals surface area (Å²) in [5, 5.41) is 9.13. The molecule has 0 aromatic heterocycles. The molecule has 0 unspecified atom stereocenters. The first-order valence-electron chi connectivity index (χ1n) is 7.69. The van der Waals surface area contributed by atoms with Crippen molar-refractivity contribution in [3.63, 3.8) is 0 Å². The van der Waals surface area contributed by atoms with Crippen molar-refractivity contribution in [2.24, 2.45) is 11.8 Å². The zero-order chi connectivity index (χ0) is 18.5. The standard InChI is InChI=1S/C15H26O9/c1-7-21-13(24-18)12-8(2)11(22-10(4)16)9(3)15(20-6,23-12)14(17)19-5/h8-9,11-13,18H,7H2,1-6H3/t8-,9+,11+,12+,13+,15-/m0/s1. The van der Waals surface area contributed by atoms with Gasteiger partial charge in [0.1, 0.15) is 12.2 Å². The summed E-state index contributed by atoms with van der Waals surface area (Å²) >= 11 is 0. The van der Waals surface area contributed by atoms with Gasteiger partial charge in [0.05, 0.1) is 13.0 Å². The number of methoxy groups -OCH3 is 2. The van der Waals surface area contributed by atoms with Gasteiger partial charge in [-0.05, 0) is 6.92 Å². The first-order valence-corrected chi connectivity index (χ1v) is 7.69. The molecule has 1 fully saturated rings. The summed E-state index contributed by atoms with van der Waals surface area (Å²) in [6.07, 6.45) is -2.90. The van der Waals surface area contributed by atoms with Crippen molar-refractivity contribution in [1.82, 2.24) is 0 Å². The summed E-state index contributed by atoms with van der Waals surface area (Å²) in [7, 11) is 2.47. The Morgan fingerprint density at radius 2 is 1.92 bits per heavy atom. The molecule has 1 N–H and O–H groups in total. The third-order valence-electron chi connectivity index (χ3n) is 4.22. The summed E-state index contributed by atoms with van der Waals surface area (Å²) in [5.74, 6) is -4.28. The van der Waals surface area contributed by atoms with Gasteiger partial charge < -0.3 is 23.7 Å². The Bertz CT molecular complexity index is 441. The number of hydrogen-bond acceptors (Lipinski definition) is 9. The number of ether oxygens (including phenoxy) is 5. The molecule has 24 heavy (non-hydrogen) atoms. The zero-order valence-corrected chi connectivity index (χ0v) is 14.8. The fraction of sp³-hybridized carbons (Fsp3) is 0.867. The van der Waals surface area contributed by atoms with Gasteiger partial charge in [-0.1, -0.05) is 13.8 Å². The summed E-state index contributed by atoms with van der Waals surface area (Å²) in [4.78, 5) is 28.2. The van der Waals surface area contributed by atoms with Crippen LogP contribution in [-0.4, -0.2) is 62.3 Å². The maximum Gasteiger partial charge on any atom is 0.367 e. The fourth-order valence-corrected chi connectivity index (χ4v) is 3.02. The third-order valence-corrected chi connectivity index (χ3v) is 4.22. The molecule has 0 radical (unpaired) electrons. The maximum absolute atomic E-state index is 12.3. The van der Waals surface area contributed by atoms with Crippen molar-refractivity contribution in [1.29, 1.82) is 0 Å². The molecule has 6 atom stereocenters. The highest BCUT2D eigenvalue weighted by Gasteiger charge is 2.60. The van der Waals surface area contributed by atoms with E-state index in [4.69, 9.17) is 28.9 Å². The van der Waals surface area contributed by atoms with Crippen molar-refractivity contribution in [3.05, 3.63) is 0 Å². The average Bonchev–Trinajstić information content (AvgIpc) is 2.56.